The van der Waals surface area contributed by atoms with E-state index in [0.29, 0.717) is 6.42 Å². The lowest BCUT2D eigenvalue weighted by molar-refractivity contribution is -0.175. The fraction of sp³-hybridized carbons (Fsp3) is 0.758. The second-order valence-corrected chi connectivity index (χ2v) is 12.4. The van der Waals surface area contributed by atoms with Gasteiger partial charge in [-0.05, 0) is 6.42 Å². The summed E-state index contributed by atoms with van der Waals surface area (Å²) in [5.41, 5.74) is -4.24. The smallest absolute Gasteiger partial charge is 0.305 e. The Morgan fingerprint density at radius 2 is 0.529 bits per heavy atom. The summed E-state index contributed by atoms with van der Waals surface area (Å²) in [6.07, 6.45) is 0.589. The van der Waals surface area contributed by atoms with Gasteiger partial charge in [0.1, 0.15) is 52.9 Å². The minimum Gasteiger partial charge on any atom is -0.465 e. The van der Waals surface area contributed by atoms with Gasteiger partial charge in [-0.1, -0.05) is 6.92 Å². The number of carbonyl (C=O) groups excluding carboxylic acids is 8. The van der Waals surface area contributed by atoms with E-state index in [2.05, 4.69) is 0 Å². The van der Waals surface area contributed by atoms with E-state index in [1.807, 2.05) is 0 Å². The van der Waals surface area contributed by atoms with E-state index in [-0.39, 0.29) is 39.5 Å². The molecule has 0 bridgehead atoms. The van der Waals surface area contributed by atoms with Crippen LogP contribution in [0.25, 0.3) is 0 Å². The van der Waals surface area contributed by atoms with Crippen LogP contribution in [-0.4, -0.2) is 127 Å². The Kier molecular flexibility index (Phi) is 21.9. The standard InChI is InChI=1S/C33H52O18/c1-9-10-30(41)51-22-33(20-49-28(7)39,21-50-29(8)40)14-43-12-31(15-44-23(2)34,16-45-24(3)35)11-42-13-32(17-46-25(4)36,18-47-26(5)37)19-48-27(6)38/h9-22H2,1-8H3. The number of hydrogen-bond acceptors (Lipinski definition) is 18. The van der Waals surface area contributed by atoms with Crippen LogP contribution in [0, 0.1) is 16.2 Å². The predicted molar refractivity (Wildman–Crippen MR) is 171 cm³/mol. The third kappa shape index (κ3) is 22.2. The molecule has 0 aromatic carbocycles. The van der Waals surface area contributed by atoms with Gasteiger partial charge in [0.15, 0.2) is 0 Å². The van der Waals surface area contributed by atoms with E-state index in [9.17, 15) is 38.4 Å². The molecule has 0 aliphatic rings. The van der Waals surface area contributed by atoms with Gasteiger partial charge in [-0.2, -0.15) is 0 Å². The summed E-state index contributed by atoms with van der Waals surface area (Å²) in [7, 11) is 0. The van der Waals surface area contributed by atoms with E-state index >= 15 is 0 Å². The molecule has 0 aromatic rings. The molecule has 0 aliphatic carbocycles. The second-order valence-electron chi connectivity index (χ2n) is 12.4. The Morgan fingerprint density at radius 1 is 0.333 bits per heavy atom. The van der Waals surface area contributed by atoms with Crippen molar-refractivity contribution in [3.63, 3.8) is 0 Å². The highest BCUT2D eigenvalue weighted by atomic mass is 16.6. The van der Waals surface area contributed by atoms with Crippen molar-refractivity contribution in [1.29, 1.82) is 0 Å². The molecule has 0 aromatic heterocycles. The van der Waals surface area contributed by atoms with Crippen molar-refractivity contribution < 1.29 is 85.7 Å². The molecule has 292 valence electrons. The average molecular weight is 737 g/mol. The van der Waals surface area contributed by atoms with Gasteiger partial charge in [0, 0.05) is 54.9 Å². The molecular formula is C33H52O18. The van der Waals surface area contributed by atoms with Crippen molar-refractivity contribution in [2.24, 2.45) is 16.2 Å². The third-order valence-corrected chi connectivity index (χ3v) is 6.70. The van der Waals surface area contributed by atoms with Crippen molar-refractivity contribution >= 4 is 47.8 Å². The van der Waals surface area contributed by atoms with Gasteiger partial charge < -0.3 is 47.4 Å². The Bertz CT molecular complexity index is 1100. The van der Waals surface area contributed by atoms with E-state index in [4.69, 9.17) is 47.4 Å². The SMILES string of the molecule is CCCC(=O)OCC(COCC(COCC(COC(C)=O)(COC(C)=O)COC(C)=O)(COC(C)=O)COC(C)=O)(COC(C)=O)COC(C)=O. The fourth-order valence-electron chi connectivity index (χ4n) is 4.01. The van der Waals surface area contributed by atoms with Crippen LogP contribution < -0.4 is 0 Å². The van der Waals surface area contributed by atoms with Crippen molar-refractivity contribution in [3.05, 3.63) is 0 Å². The molecule has 18 heteroatoms. The minimum atomic E-state index is -1.44. The van der Waals surface area contributed by atoms with Gasteiger partial charge in [0.25, 0.3) is 0 Å². The zero-order chi connectivity index (χ0) is 39.1. The van der Waals surface area contributed by atoms with Gasteiger partial charge in [0.05, 0.1) is 42.7 Å². The first-order valence-electron chi connectivity index (χ1n) is 16.0. The summed E-state index contributed by atoms with van der Waals surface area (Å²) < 4.78 is 54.1. The molecule has 0 atom stereocenters. The topological polar surface area (TPSA) is 229 Å². The molecular weight excluding hydrogens is 684 g/mol. The van der Waals surface area contributed by atoms with Crippen LogP contribution in [0.5, 0.6) is 0 Å². The van der Waals surface area contributed by atoms with Crippen molar-refractivity contribution in [3.8, 4) is 0 Å². The van der Waals surface area contributed by atoms with Gasteiger partial charge in [-0.15, -0.1) is 0 Å². The summed E-state index contributed by atoms with van der Waals surface area (Å²) in [4.78, 5) is 94.8. The Hall–Kier alpha value is -4.32. The zero-order valence-electron chi connectivity index (χ0n) is 30.7. The Balaban J connectivity index is 6.61. The summed E-state index contributed by atoms with van der Waals surface area (Å²) in [6.45, 7) is 5.17. The van der Waals surface area contributed by atoms with Crippen molar-refractivity contribution in [2.75, 3.05) is 79.3 Å². The maximum Gasteiger partial charge on any atom is 0.305 e. The molecule has 0 N–H and O–H groups in total. The number of rotatable bonds is 26. The van der Waals surface area contributed by atoms with Crippen LogP contribution in [0.1, 0.15) is 68.2 Å². The molecule has 0 saturated carbocycles. The molecule has 51 heavy (non-hydrogen) atoms. The van der Waals surface area contributed by atoms with E-state index in [1.54, 1.807) is 6.92 Å². The van der Waals surface area contributed by atoms with Gasteiger partial charge >= 0.3 is 47.8 Å². The molecule has 0 amide bonds. The predicted octanol–water partition coefficient (Wildman–Crippen LogP) is 1.26. The monoisotopic (exact) mass is 736 g/mol. The van der Waals surface area contributed by atoms with Gasteiger partial charge in [-0.25, -0.2) is 0 Å². The summed E-state index contributed by atoms with van der Waals surface area (Å²) in [5.74, 6) is -5.32. The van der Waals surface area contributed by atoms with Crippen LogP contribution in [0.4, 0.5) is 0 Å². The normalized spacial score (nSPS) is 11.5. The van der Waals surface area contributed by atoms with E-state index in [0.717, 1.165) is 48.5 Å². The van der Waals surface area contributed by atoms with Crippen LogP contribution in [0.15, 0.2) is 0 Å². The first kappa shape index (κ1) is 46.7. The lowest BCUT2D eigenvalue weighted by Gasteiger charge is -2.37. The lowest BCUT2D eigenvalue weighted by atomic mass is 9.89. The van der Waals surface area contributed by atoms with Crippen molar-refractivity contribution in [1.82, 2.24) is 0 Å². The molecule has 0 rings (SSSR count). The lowest BCUT2D eigenvalue weighted by Crippen LogP contribution is -2.48. The first-order valence-corrected chi connectivity index (χ1v) is 16.0. The highest BCUT2D eigenvalue weighted by Gasteiger charge is 2.41. The fourth-order valence-corrected chi connectivity index (χ4v) is 4.01. The second kappa shape index (κ2) is 24.0. The molecule has 0 radical (unpaired) electrons. The van der Waals surface area contributed by atoms with E-state index < -0.39 is 110 Å². The maximum atomic E-state index is 12.3. The van der Waals surface area contributed by atoms with Gasteiger partial charge in [0.2, 0.25) is 0 Å². The highest BCUT2D eigenvalue weighted by molar-refractivity contribution is 5.69. The summed E-state index contributed by atoms with van der Waals surface area (Å²) >= 11 is 0. The molecule has 0 spiro atoms. The largest absolute Gasteiger partial charge is 0.465 e. The molecule has 0 saturated heterocycles. The van der Waals surface area contributed by atoms with E-state index in [1.165, 1.54) is 0 Å². The quantitative estimate of drug-likeness (QED) is 0.0899. The molecule has 18 nitrogen and oxygen atoms in total. The number of hydrogen-bond donors (Lipinski definition) is 0. The maximum absolute atomic E-state index is 12.3. The highest BCUT2D eigenvalue weighted by Crippen LogP contribution is 2.28. The van der Waals surface area contributed by atoms with Crippen LogP contribution in [0.3, 0.4) is 0 Å². The van der Waals surface area contributed by atoms with Crippen LogP contribution in [-0.2, 0) is 85.7 Å². The first-order chi connectivity index (χ1) is 23.8. The number of esters is 8. The Morgan fingerprint density at radius 3 is 0.725 bits per heavy atom. The third-order valence-electron chi connectivity index (χ3n) is 6.70. The molecule has 0 heterocycles. The molecule has 0 fully saturated rings. The number of carbonyl (C=O) groups is 8. The molecule has 0 aliphatic heterocycles. The molecule has 0 unspecified atom stereocenters. The zero-order valence-corrected chi connectivity index (χ0v) is 30.7. The number of ether oxygens (including phenoxy) is 10. The summed E-state index contributed by atoms with van der Waals surface area (Å²) in [5, 5.41) is 0. The van der Waals surface area contributed by atoms with Gasteiger partial charge in [-0.3, -0.25) is 38.4 Å². The summed E-state index contributed by atoms with van der Waals surface area (Å²) in [6, 6.07) is 0. The Labute approximate surface area is 297 Å². The van der Waals surface area contributed by atoms with Crippen molar-refractivity contribution in [2.45, 2.75) is 68.2 Å². The average Bonchev–Trinajstić information content (AvgIpc) is 3.03. The van der Waals surface area contributed by atoms with Crippen LogP contribution in [0.2, 0.25) is 0 Å². The minimum absolute atomic E-state index is 0.0944. The van der Waals surface area contributed by atoms with Crippen LogP contribution >= 0.6 is 0 Å².